The molecule has 1 atom stereocenters. The molecular weight excluding hydrogens is 236 g/mol. The number of hydrogen-bond donors (Lipinski definition) is 1. The van der Waals surface area contributed by atoms with Gasteiger partial charge in [-0.1, -0.05) is 0 Å². The van der Waals surface area contributed by atoms with E-state index in [1.807, 2.05) is 24.9 Å². The van der Waals surface area contributed by atoms with Crippen molar-refractivity contribution in [1.82, 2.24) is 19.9 Å². The van der Waals surface area contributed by atoms with E-state index in [1.54, 1.807) is 0 Å². The minimum absolute atomic E-state index is 0.591. The van der Waals surface area contributed by atoms with Crippen molar-refractivity contribution in [2.24, 2.45) is 0 Å². The fourth-order valence-electron chi connectivity index (χ4n) is 2.75. The number of rotatable bonds is 3. The molecule has 1 aliphatic heterocycles. The molecule has 19 heavy (non-hydrogen) atoms. The van der Waals surface area contributed by atoms with Crippen LogP contribution in [0.2, 0.25) is 0 Å². The highest BCUT2D eigenvalue weighted by Gasteiger charge is 2.18. The van der Waals surface area contributed by atoms with Crippen LogP contribution in [0.5, 0.6) is 0 Å². The number of hydrogen-bond acceptors (Lipinski definition) is 3. The molecule has 0 radical (unpaired) electrons. The first-order chi connectivity index (χ1) is 9.34. The predicted octanol–water partition coefficient (Wildman–Crippen LogP) is 2.10. The molecule has 1 unspecified atom stereocenters. The summed E-state index contributed by atoms with van der Waals surface area (Å²) < 4.78 is 2.27. The highest BCUT2D eigenvalue weighted by molar-refractivity contribution is 5.23. The van der Waals surface area contributed by atoms with Gasteiger partial charge in [0, 0.05) is 36.7 Å². The third kappa shape index (κ3) is 2.68. The number of aromatic nitrogens is 3. The normalized spacial score (nSPS) is 19.5. The first-order valence-corrected chi connectivity index (χ1v) is 6.95. The van der Waals surface area contributed by atoms with E-state index >= 15 is 0 Å². The third-order valence-electron chi connectivity index (χ3n) is 3.95. The molecular formula is C15H20N4. The standard InChI is InChI=1S/C15H20N4/c1-12-4-6-17-8-14(12)10-19-11-18-9-15(19)13-3-2-5-16-7-13/h4,6,8-9,11,13,16H,2-3,5,7,10H2,1H3. The molecule has 1 saturated heterocycles. The van der Waals surface area contributed by atoms with Gasteiger partial charge in [0.2, 0.25) is 0 Å². The second-order valence-electron chi connectivity index (χ2n) is 5.29. The quantitative estimate of drug-likeness (QED) is 0.914. The zero-order valence-electron chi connectivity index (χ0n) is 11.3. The highest BCUT2D eigenvalue weighted by Crippen LogP contribution is 2.23. The van der Waals surface area contributed by atoms with Gasteiger partial charge in [0.1, 0.15) is 0 Å². The molecule has 2 aromatic heterocycles. The average molecular weight is 256 g/mol. The topological polar surface area (TPSA) is 42.7 Å². The van der Waals surface area contributed by atoms with Gasteiger partial charge in [0.25, 0.3) is 0 Å². The van der Waals surface area contributed by atoms with Gasteiger partial charge < -0.3 is 9.88 Å². The maximum atomic E-state index is 4.34. The Morgan fingerprint density at radius 3 is 3.11 bits per heavy atom. The van der Waals surface area contributed by atoms with Crippen LogP contribution < -0.4 is 5.32 Å². The molecule has 0 spiro atoms. The monoisotopic (exact) mass is 256 g/mol. The SMILES string of the molecule is Cc1ccncc1Cn1cncc1C1CCCNC1. The summed E-state index contributed by atoms with van der Waals surface area (Å²) in [7, 11) is 0. The molecule has 3 heterocycles. The summed E-state index contributed by atoms with van der Waals surface area (Å²) in [4.78, 5) is 8.56. The number of piperidine rings is 1. The van der Waals surface area contributed by atoms with Crippen molar-refractivity contribution in [2.75, 3.05) is 13.1 Å². The molecule has 1 fully saturated rings. The third-order valence-corrected chi connectivity index (χ3v) is 3.95. The van der Waals surface area contributed by atoms with E-state index in [9.17, 15) is 0 Å². The summed E-state index contributed by atoms with van der Waals surface area (Å²) in [5.41, 5.74) is 3.90. The number of nitrogens with one attached hydrogen (secondary N) is 1. The maximum absolute atomic E-state index is 4.34. The lowest BCUT2D eigenvalue weighted by atomic mass is 9.96. The van der Waals surface area contributed by atoms with Crippen molar-refractivity contribution in [3.8, 4) is 0 Å². The van der Waals surface area contributed by atoms with E-state index in [0.29, 0.717) is 5.92 Å². The Bertz CT molecular complexity index is 541. The second kappa shape index (κ2) is 5.53. The summed E-state index contributed by atoms with van der Waals surface area (Å²) in [6, 6.07) is 2.06. The van der Waals surface area contributed by atoms with Gasteiger partial charge in [-0.3, -0.25) is 4.98 Å². The van der Waals surface area contributed by atoms with E-state index in [-0.39, 0.29) is 0 Å². The summed E-state index contributed by atoms with van der Waals surface area (Å²) >= 11 is 0. The molecule has 2 aromatic rings. The summed E-state index contributed by atoms with van der Waals surface area (Å²) in [5, 5.41) is 3.47. The van der Waals surface area contributed by atoms with Crippen LogP contribution in [0.25, 0.3) is 0 Å². The molecule has 4 nitrogen and oxygen atoms in total. The molecule has 3 rings (SSSR count). The van der Waals surface area contributed by atoms with Crippen molar-refractivity contribution < 1.29 is 0 Å². The van der Waals surface area contributed by atoms with E-state index in [2.05, 4.69) is 32.8 Å². The van der Waals surface area contributed by atoms with Gasteiger partial charge in [-0.05, 0) is 43.5 Å². The predicted molar refractivity (Wildman–Crippen MR) is 75.1 cm³/mol. The van der Waals surface area contributed by atoms with E-state index < -0.39 is 0 Å². The zero-order valence-corrected chi connectivity index (χ0v) is 11.3. The minimum Gasteiger partial charge on any atom is -0.330 e. The molecule has 0 amide bonds. The number of pyridine rings is 1. The summed E-state index contributed by atoms with van der Waals surface area (Å²) in [6.45, 7) is 5.21. The van der Waals surface area contributed by atoms with Crippen LogP contribution in [0.1, 0.15) is 35.6 Å². The van der Waals surface area contributed by atoms with Crippen LogP contribution in [0.15, 0.2) is 31.0 Å². The van der Waals surface area contributed by atoms with E-state index in [1.165, 1.54) is 29.7 Å². The molecule has 4 heteroatoms. The zero-order chi connectivity index (χ0) is 13.1. The molecule has 1 N–H and O–H groups in total. The van der Waals surface area contributed by atoms with Crippen molar-refractivity contribution >= 4 is 0 Å². The van der Waals surface area contributed by atoms with Crippen LogP contribution >= 0.6 is 0 Å². The molecule has 0 saturated carbocycles. The van der Waals surface area contributed by atoms with Gasteiger partial charge in [-0.2, -0.15) is 0 Å². The minimum atomic E-state index is 0.591. The van der Waals surface area contributed by atoms with Gasteiger partial charge in [-0.15, -0.1) is 0 Å². The Hall–Kier alpha value is -1.68. The van der Waals surface area contributed by atoms with Crippen molar-refractivity contribution in [3.05, 3.63) is 47.8 Å². The second-order valence-corrected chi connectivity index (χ2v) is 5.29. The van der Waals surface area contributed by atoms with Crippen LogP contribution in [0.4, 0.5) is 0 Å². The molecule has 0 bridgehead atoms. The number of aryl methyl sites for hydroxylation is 1. The number of nitrogens with zero attached hydrogens (tertiary/aromatic N) is 3. The number of imidazole rings is 1. The van der Waals surface area contributed by atoms with Gasteiger partial charge >= 0.3 is 0 Å². The van der Waals surface area contributed by atoms with Crippen molar-refractivity contribution in [1.29, 1.82) is 0 Å². The maximum Gasteiger partial charge on any atom is 0.0951 e. The summed E-state index contributed by atoms with van der Waals surface area (Å²) in [5.74, 6) is 0.591. The van der Waals surface area contributed by atoms with Crippen LogP contribution in [-0.4, -0.2) is 27.6 Å². The lowest BCUT2D eigenvalue weighted by Crippen LogP contribution is -2.29. The Labute approximate surface area is 113 Å². The van der Waals surface area contributed by atoms with Crippen LogP contribution in [-0.2, 0) is 6.54 Å². The molecule has 0 aromatic carbocycles. The van der Waals surface area contributed by atoms with E-state index in [4.69, 9.17) is 0 Å². The average Bonchev–Trinajstić information content (AvgIpc) is 2.91. The van der Waals surface area contributed by atoms with E-state index in [0.717, 1.165) is 19.6 Å². The first kappa shape index (κ1) is 12.4. The van der Waals surface area contributed by atoms with Gasteiger partial charge in [0.05, 0.1) is 12.9 Å². The summed E-state index contributed by atoms with van der Waals surface area (Å²) in [6.07, 6.45) is 10.3. The lowest BCUT2D eigenvalue weighted by Gasteiger charge is -2.24. The fraction of sp³-hybridized carbons (Fsp3) is 0.467. The Balaban J connectivity index is 1.82. The molecule has 100 valence electrons. The molecule has 1 aliphatic rings. The Kier molecular flexibility index (Phi) is 3.60. The Morgan fingerprint density at radius 2 is 2.32 bits per heavy atom. The first-order valence-electron chi connectivity index (χ1n) is 6.95. The molecule has 0 aliphatic carbocycles. The van der Waals surface area contributed by atoms with Crippen molar-refractivity contribution in [2.45, 2.75) is 32.2 Å². The lowest BCUT2D eigenvalue weighted by molar-refractivity contribution is 0.444. The van der Waals surface area contributed by atoms with Gasteiger partial charge in [-0.25, -0.2) is 4.98 Å². The van der Waals surface area contributed by atoms with Crippen LogP contribution in [0.3, 0.4) is 0 Å². The largest absolute Gasteiger partial charge is 0.330 e. The van der Waals surface area contributed by atoms with Crippen molar-refractivity contribution in [3.63, 3.8) is 0 Å². The highest BCUT2D eigenvalue weighted by atomic mass is 15.1. The van der Waals surface area contributed by atoms with Gasteiger partial charge in [0.15, 0.2) is 0 Å². The van der Waals surface area contributed by atoms with Crippen LogP contribution in [0, 0.1) is 6.92 Å². The smallest absolute Gasteiger partial charge is 0.0951 e. The Morgan fingerprint density at radius 1 is 1.37 bits per heavy atom. The fourth-order valence-corrected chi connectivity index (χ4v) is 2.75.